The zero-order valence-electron chi connectivity index (χ0n) is 9.51. The molecule has 94 valence electrons. The minimum atomic E-state index is -1.26. The zero-order valence-corrected chi connectivity index (χ0v) is 9.51. The fourth-order valence-electron chi connectivity index (χ4n) is 1.76. The maximum absolute atomic E-state index is 11.1. The van der Waals surface area contributed by atoms with Gasteiger partial charge in [-0.05, 0) is 6.92 Å². The summed E-state index contributed by atoms with van der Waals surface area (Å²) in [5, 5.41) is 18.0. The third-order valence-corrected chi connectivity index (χ3v) is 2.52. The number of aliphatic carboxylic acids is 2. The monoisotopic (exact) mass is 242 g/mol. The average molecular weight is 242 g/mol. The van der Waals surface area contributed by atoms with E-state index in [4.69, 9.17) is 20.7 Å². The average Bonchev–Trinajstić information content (AvgIpc) is 2.15. The van der Waals surface area contributed by atoms with Gasteiger partial charge < -0.3 is 20.7 Å². The summed E-state index contributed by atoms with van der Waals surface area (Å²) >= 11 is 0. The van der Waals surface area contributed by atoms with E-state index in [0.717, 1.165) is 0 Å². The van der Waals surface area contributed by atoms with Crippen LogP contribution in [0.4, 0.5) is 0 Å². The fraction of sp³-hybridized carbons (Fsp3) is 0.500. The quantitative estimate of drug-likeness (QED) is 0.641. The first-order valence-corrected chi connectivity index (χ1v) is 5.07. The summed E-state index contributed by atoms with van der Waals surface area (Å²) in [4.78, 5) is 25.8. The summed E-state index contributed by atoms with van der Waals surface area (Å²) in [6.07, 6.45) is 0. The predicted octanol–water partition coefficient (Wildman–Crippen LogP) is 0.0268. The Morgan fingerprint density at radius 2 is 2.06 bits per heavy atom. The molecule has 0 saturated carbocycles. The van der Waals surface area contributed by atoms with Crippen molar-refractivity contribution in [1.82, 2.24) is 0 Å². The van der Waals surface area contributed by atoms with Crippen molar-refractivity contribution < 1.29 is 24.5 Å². The van der Waals surface area contributed by atoms with Gasteiger partial charge in [-0.2, -0.15) is 4.99 Å². The number of hydrogen-bond acceptors (Lipinski definition) is 5. The Bertz CT molecular complexity index is 413. The van der Waals surface area contributed by atoms with Crippen molar-refractivity contribution in [2.24, 2.45) is 22.6 Å². The van der Waals surface area contributed by atoms with Crippen LogP contribution in [0, 0.1) is 11.8 Å². The molecule has 7 heteroatoms. The molecule has 7 nitrogen and oxygen atoms in total. The van der Waals surface area contributed by atoms with Gasteiger partial charge >= 0.3 is 11.9 Å². The molecule has 0 saturated heterocycles. The second kappa shape index (κ2) is 4.86. The molecule has 0 amide bonds. The number of rotatable bonds is 3. The third kappa shape index (κ3) is 2.38. The van der Waals surface area contributed by atoms with E-state index in [2.05, 4.69) is 4.99 Å². The molecule has 2 unspecified atom stereocenters. The van der Waals surface area contributed by atoms with Crippen LogP contribution < -0.4 is 5.73 Å². The second-order valence-corrected chi connectivity index (χ2v) is 3.59. The van der Waals surface area contributed by atoms with Crippen molar-refractivity contribution in [2.45, 2.75) is 13.8 Å². The van der Waals surface area contributed by atoms with Gasteiger partial charge in [0.15, 0.2) is 0 Å². The topological polar surface area (TPSA) is 122 Å². The number of carboxylic acid groups (broad SMARTS) is 2. The van der Waals surface area contributed by atoms with Crippen LogP contribution in [0.2, 0.25) is 0 Å². The number of nitrogens with zero attached hydrogens (tertiary/aromatic N) is 1. The van der Waals surface area contributed by atoms with Crippen molar-refractivity contribution in [3.8, 4) is 0 Å². The SMILES string of the molecule is CCOC1=NC(N)=C(C(=O)O)C(C)C1C(=O)O. The standard InChI is InChI=1S/C10H14N2O5/c1-3-17-8-6(10(15)16)4(2)5(9(13)14)7(11)12-8/h4,6H,3,11H2,1-2H3,(H,13,14)(H,15,16). The Morgan fingerprint density at radius 3 is 2.47 bits per heavy atom. The number of carbonyl (C=O) groups is 2. The number of aliphatic imine (C=N–C) groups is 1. The van der Waals surface area contributed by atoms with Crippen molar-refractivity contribution in [3.63, 3.8) is 0 Å². The molecule has 0 aromatic heterocycles. The van der Waals surface area contributed by atoms with Crippen molar-refractivity contribution >= 4 is 17.8 Å². The van der Waals surface area contributed by atoms with Crippen molar-refractivity contribution in [2.75, 3.05) is 6.61 Å². The normalized spacial score (nSPS) is 24.2. The fourth-order valence-corrected chi connectivity index (χ4v) is 1.76. The van der Waals surface area contributed by atoms with E-state index in [-0.39, 0.29) is 23.9 Å². The second-order valence-electron chi connectivity index (χ2n) is 3.59. The molecule has 1 rings (SSSR count). The first-order chi connectivity index (χ1) is 7.90. The molecule has 1 heterocycles. The molecule has 4 N–H and O–H groups in total. The molecule has 0 bridgehead atoms. The van der Waals surface area contributed by atoms with Crippen molar-refractivity contribution in [3.05, 3.63) is 11.4 Å². The molecule has 0 spiro atoms. The minimum absolute atomic E-state index is 0.0463. The lowest BCUT2D eigenvalue weighted by atomic mass is 9.85. The van der Waals surface area contributed by atoms with Gasteiger partial charge in [-0.15, -0.1) is 0 Å². The zero-order chi connectivity index (χ0) is 13.2. The number of nitrogens with two attached hydrogens (primary N) is 1. The molecule has 0 aromatic rings. The Hall–Kier alpha value is -2.05. The van der Waals surface area contributed by atoms with Gasteiger partial charge in [0.25, 0.3) is 0 Å². The highest BCUT2D eigenvalue weighted by Crippen LogP contribution is 2.29. The van der Waals surface area contributed by atoms with Crippen LogP contribution in [0.1, 0.15) is 13.8 Å². The molecule has 1 aliphatic rings. The molecule has 0 aliphatic carbocycles. The Morgan fingerprint density at radius 1 is 1.47 bits per heavy atom. The number of hydrogen-bond donors (Lipinski definition) is 3. The van der Waals surface area contributed by atoms with E-state index < -0.39 is 23.8 Å². The van der Waals surface area contributed by atoms with Gasteiger partial charge in [0.1, 0.15) is 11.7 Å². The first-order valence-electron chi connectivity index (χ1n) is 5.07. The molecule has 0 fully saturated rings. The van der Waals surface area contributed by atoms with E-state index in [1.54, 1.807) is 6.92 Å². The van der Waals surface area contributed by atoms with Crippen LogP contribution in [-0.2, 0) is 14.3 Å². The summed E-state index contributed by atoms with van der Waals surface area (Å²) in [6.45, 7) is 3.40. The van der Waals surface area contributed by atoms with Gasteiger partial charge in [-0.3, -0.25) is 4.79 Å². The van der Waals surface area contributed by atoms with Crippen LogP contribution in [0.25, 0.3) is 0 Å². The largest absolute Gasteiger partial charge is 0.481 e. The maximum atomic E-state index is 11.1. The summed E-state index contributed by atoms with van der Waals surface area (Å²) in [5.74, 6) is -4.60. The number of ether oxygens (including phenoxy) is 1. The predicted molar refractivity (Wildman–Crippen MR) is 58.2 cm³/mol. The highest BCUT2D eigenvalue weighted by Gasteiger charge is 2.40. The van der Waals surface area contributed by atoms with Crippen LogP contribution in [0.5, 0.6) is 0 Å². The maximum Gasteiger partial charge on any atom is 0.335 e. The Labute approximate surface area is 97.6 Å². The third-order valence-electron chi connectivity index (χ3n) is 2.52. The van der Waals surface area contributed by atoms with Gasteiger partial charge in [0.05, 0.1) is 12.2 Å². The van der Waals surface area contributed by atoms with E-state index in [1.165, 1.54) is 6.92 Å². The highest BCUT2D eigenvalue weighted by atomic mass is 16.5. The molecule has 17 heavy (non-hydrogen) atoms. The van der Waals surface area contributed by atoms with E-state index >= 15 is 0 Å². The molecular formula is C10H14N2O5. The summed E-state index contributed by atoms with van der Waals surface area (Å²) in [7, 11) is 0. The molecule has 2 atom stereocenters. The van der Waals surface area contributed by atoms with Gasteiger partial charge in [0.2, 0.25) is 5.90 Å². The van der Waals surface area contributed by atoms with Crippen LogP contribution in [0.15, 0.2) is 16.4 Å². The lowest BCUT2D eigenvalue weighted by molar-refractivity contribution is -0.141. The first kappa shape index (κ1) is 13.0. The molecule has 0 aromatic carbocycles. The Balaban J connectivity index is 3.24. The summed E-state index contributed by atoms with van der Waals surface area (Å²) < 4.78 is 5.09. The van der Waals surface area contributed by atoms with Gasteiger partial charge in [0, 0.05) is 5.92 Å². The van der Waals surface area contributed by atoms with E-state index in [9.17, 15) is 9.59 Å². The lowest BCUT2D eigenvalue weighted by Gasteiger charge is -2.26. The van der Waals surface area contributed by atoms with Crippen LogP contribution in [-0.4, -0.2) is 34.7 Å². The molecule has 1 aliphatic heterocycles. The van der Waals surface area contributed by atoms with Crippen LogP contribution in [0.3, 0.4) is 0 Å². The highest BCUT2D eigenvalue weighted by molar-refractivity contribution is 6.02. The summed E-state index contributed by atoms with van der Waals surface area (Å²) in [5.41, 5.74) is 5.30. The smallest absolute Gasteiger partial charge is 0.335 e. The van der Waals surface area contributed by atoms with E-state index in [0.29, 0.717) is 0 Å². The molecular weight excluding hydrogens is 228 g/mol. The molecule has 0 radical (unpaired) electrons. The lowest BCUT2D eigenvalue weighted by Crippen LogP contribution is -2.38. The minimum Gasteiger partial charge on any atom is -0.481 e. The Kier molecular flexibility index (Phi) is 3.72. The van der Waals surface area contributed by atoms with Crippen molar-refractivity contribution in [1.29, 1.82) is 0 Å². The van der Waals surface area contributed by atoms with Gasteiger partial charge in [-0.1, -0.05) is 6.92 Å². The number of carboxylic acids is 2. The van der Waals surface area contributed by atoms with Gasteiger partial charge in [-0.25, -0.2) is 4.79 Å². The summed E-state index contributed by atoms with van der Waals surface area (Å²) in [6, 6.07) is 0. The van der Waals surface area contributed by atoms with Crippen LogP contribution >= 0.6 is 0 Å². The van der Waals surface area contributed by atoms with E-state index in [1.807, 2.05) is 0 Å².